The lowest BCUT2D eigenvalue weighted by molar-refractivity contribution is 0.969. The quantitative estimate of drug-likeness (QED) is 0.859. The van der Waals surface area contributed by atoms with Gasteiger partial charge in [0, 0.05) is 34.7 Å². The lowest BCUT2D eigenvalue weighted by Crippen LogP contribution is -2.02. The van der Waals surface area contributed by atoms with Gasteiger partial charge in [0.05, 0.1) is 0 Å². The summed E-state index contributed by atoms with van der Waals surface area (Å²) < 4.78 is 1.06. The molecule has 1 heterocycles. The number of rotatable bonds is 5. The highest BCUT2D eigenvalue weighted by molar-refractivity contribution is 9.10. The average Bonchev–Trinajstić information content (AvgIpc) is 2.37. The minimum atomic E-state index is 0.900. The van der Waals surface area contributed by atoms with E-state index in [4.69, 9.17) is 0 Å². The third-order valence-electron chi connectivity index (χ3n) is 2.43. The molecule has 0 saturated heterocycles. The van der Waals surface area contributed by atoms with Gasteiger partial charge in [-0.15, -0.1) is 0 Å². The van der Waals surface area contributed by atoms with Crippen molar-refractivity contribution in [3.05, 3.63) is 47.1 Å². The van der Waals surface area contributed by atoms with Crippen molar-refractivity contribution in [2.24, 2.45) is 0 Å². The highest BCUT2D eigenvalue weighted by Gasteiger charge is 1.98. The monoisotopic (exact) mass is 305 g/mol. The van der Waals surface area contributed by atoms with Crippen LogP contribution in [0, 0.1) is 0 Å². The van der Waals surface area contributed by atoms with E-state index in [1.54, 1.807) is 6.20 Å². The number of anilines is 3. The molecule has 1 aromatic carbocycles. The highest BCUT2D eigenvalue weighted by Crippen LogP contribution is 2.21. The SMILES string of the molecule is CCCNc1cc(Nc2cccc(Br)c2)ccn1. The molecule has 2 aromatic rings. The van der Waals surface area contributed by atoms with Crippen LogP contribution in [-0.4, -0.2) is 11.5 Å². The largest absolute Gasteiger partial charge is 0.370 e. The summed E-state index contributed by atoms with van der Waals surface area (Å²) in [5.41, 5.74) is 2.08. The molecule has 0 saturated carbocycles. The van der Waals surface area contributed by atoms with Gasteiger partial charge in [-0.05, 0) is 30.7 Å². The van der Waals surface area contributed by atoms with Crippen LogP contribution in [0.5, 0.6) is 0 Å². The third kappa shape index (κ3) is 3.74. The summed E-state index contributed by atoms with van der Waals surface area (Å²) in [7, 11) is 0. The van der Waals surface area contributed by atoms with Crippen molar-refractivity contribution >= 4 is 33.1 Å². The third-order valence-corrected chi connectivity index (χ3v) is 2.92. The molecule has 0 atom stereocenters. The molecule has 0 aliphatic carbocycles. The van der Waals surface area contributed by atoms with E-state index in [1.807, 2.05) is 36.4 Å². The second kappa shape index (κ2) is 6.40. The number of nitrogens with one attached hydrogen (secondary N) is 2. The molecule has 2 N–H and O–H groups in total. The molecular weight excluding hydrogens is 290 g/mol. The minimum Gasteiger partial charge on any atom is -0.370 e. The lowest BCUT2D eigenvalue weighted by atomic mass is 10.3. The fraction of sp³-hybridized carbons (Fsp3) is 0.214. The number of hydrogen-bond acceptors (Lipinski definition) is 3. The summed E-state index contributed by atoms with van der Waals surface area (Å²) in [4.78, 5) is 4.28. The molecule has 0 fully saturated rings. The van der Waals surface area contributed by atoms with Crippen molar-refractivity contribution in [2.75, 3.05) is 17.2 Å². The van der Waals surface area contributed by atoms with Crippen LogP contribution < -0.4 is 10.6 Å². The fourth-order valence-corrected chi connectivity index (χ4v) is 1.99. The Balaban J connectivity index is 2.09. The molecule has 1 aromatic heterocycles. The minimum absolute atomic E-state index is 0.900. The molecular formula is C14H16BrN3. The highest BCUT2D eigenvalue weighted by atomic mass is 79.9. The van der Waals surface area contributed by atoms with Gasteiger partial charge >= 0.3 is 0 Å². The number of nitrogens with zero attached hydrogens (tertiary/aromatic N) is 1. The van der Waals surface area contributed by atoms with E-state index in [-0.39, 0.29) is 0 Å². The Morgan fingerprint density at radius 1 is 1.17 bits per heavy atom. The Hall–Kier alpha value is -1.55. The van der Waals surface area contributed by atoms with E-state index in [9.17, 15) is 0 Å². The van der Waals surface area contributed by atoms with Crippen molar-refractivity contribution in [3.8, 4) is 0 Å². The van der Waals surface area contributed by atoms with Crippen molar-refractivity contribution < 1.29 is 0 Å². The van der Waals surface area contributed by atoms with E-state index < -0.39 is 0 Å². The van der Waals surface area contributed by atoms with E-state index >= 15 is 0 Å². The van der Waals surface area contributed by atoms with E-state index in [0.717, 1.165) is 34.6 Å². The number of aromatic nitrogens is 1. The van der Waals surface area contributed by atoms with Gasteiger partial charge in [0.2, 0.25) is 0 Å². The van der Waals surface area contributed by atoms with Crippen LogP contribution in [-0.2, 0) is 0 Å². The summed E-state index contributed by atoms with van der Waals surface area (Å²) in [5, 5.41) is 6.62. The topological polar surface area (TPSA) is 37.0 Å². The number of pyridine rings is 1. The standard InChI is InChI=1S/C14H16BrN3/c1-2-7-16-14-10-13(6-8-17-14)18-12-5-3-4-11(15)9-12/h3-6,8-10H,2,7H2,1H3,(H2,16,17,18). The van der Waals surface area contributed by atoms with E-state index in [1.165, 1.54) is 0 Å². The maximum Gasteiger partial charge on any atom is 0.127 e. The molecule has 0 bridgehead atoms. The zero-order valence-corrected chi connectivity index (χ0v) is 11.9. The summed E-state index contributed by atoms with van der Waals surface area (Å²) >= 11 is 3.46. The fourth-order valence-electron chi connectivity index (χ4n) is 1.59. The van der Waals surface area contributed by atoms with Crippen LogP contribution in [0.2, 0.25) is 0 Å². The normalized spacial score (nSPS) is 10.1. The summed E-state index contributed by atoms with van der Waals surface area (Å²) in [6.45, 7) is 3.07. The van der Waals surface area contributed by atoms with Crippen LogP contribution in [0.4, 0.5) is 17.2 Å². The first-order valence-electron chi connectivity index (χ1n) is 6.00. The van der Waals surface area contributed by atoms with Gasteiger partial charge in [-0.1, -0.05) is 28.9 Å². The summed E-state index contributed by atoms with van der Waals surface area (Å²) in [6.07, 6.45) is 2.89. The summed E-state index contributed by atoms with van der Waals surface area (Å²) in [5.74, 6) is 0.900. The van der Waals surface area contributed by atoms with Gasteiger partial charge < -0.3 is 10.6 Å². The van der Waals surface area contributed by atoms with Gasteiger partial charge in [-0.2, -0.15) is 0 Å². The second-order valence-electron chi connectivity index (χ2n) is 3.99. The molecule has 4 heteroatoms. The van der Waals surface area contributed by atoms with Gasteiger partial charge in [-0.3, -0.25) is 0 Å². The zero-order valence-electron chi connectivity index (χ0n) is 10.3. The Kier molecular flexibility index (Phi) is 4.59. The molecule has 0 radical (unpaired) electrons. The Morgan fingerprint density at radius 2 is 2.00 bits per heavy atom. The maximum absolute atomic E-state index is 4.28. The van der Waals surface area contributed by atoms with Crippen molar-refractivity contribution in [1.82, 2.24) is 4.98 Å². The van der Waals surface area contributed by atoms with Gasteiger partial charge in [0.25, 0.3) is 0 Å². The molecule has 18 heavy (non-hydrogen) atoms. The predicted molar refractivity (Wildman–Crippen MR) is 80.4 cm³/mol. The Bertz CT molecular complexity index is 514. The van der Waals surface area contributed by atoms with Crippen molar-refractivity contribution in [1.29, 1.82) is 0 Å². The lowest BCUT2D eigenvalue weighted by Gasteiger charge is -2.09. The Labute approximate surface area is 116 Å². The van der Waals surface area contributed by atoms with Crippen molar-refractivity contribution in [3.63, 3.8) is 0 Å². The first kappa shape index (κ1) is 12.9. The van der Waals surface area contributed by atoms with Gasteiger partial charge in [0.15, 0.2) is 0 Å². The summed E-state index contributed by atoms with van der Waals surface area (Å²) in [6, 6.07) is 12.0. The molecule has 0 aliphatic heterocycles. The molecule has 0 spiro atoms. The predicted octanol–water partition coefficient (Wildman–Crippen LogP) is 4.41. The van der Waals surface area contributed by atoms with Gasteiger partial charge in [-0.25, -0.2) is 4.98 Å². The molecule has 0 aliphatic rings. The van der Waals surface area contributed by atoms with Crippen LogP contribution in [0.3, 0.4) is 0 Å². The van der Waals surface area contributed by atoms with Gasteiger partial charge in [0.1, 0.15) is 5.82 Å². The molecule has 3 nitrogen and oxygen atoms in total. The smallest absolute Gasteiger partial charge is 0.127 e. The maximum atomic E-state index is 4.28. The zero-order chi connectivity index (χ0) is 12.8. The number of hydrogen-bond donors (Lipinski definition) is 2. The number of halogens is 1. The van der Waals surface area contributed by atoms with E-state index in [0.29, 0.717) is 0 Å². The molecule has 2 rings (SSSR count). The van der Waals surface area contributed by atoms with Crippen LogP contribution >= 0.6 is 15.9 Å². The van der Waals surface area contributed by atoms with Crippen molar-refractivity contribution in [2.45, 2.75) is 13.3 Å². The second-order valence-corrected chi connectivity index (χ2v) is 4.91. The average molecular weight is 306 g/mol. The Morgan fingerprint density at radius 3 is 2.78 bits per heavy atom. The van der Waals surface area contributed by atoms with Crippen LogP contribution in [0.15, 0.2) is 47.1 Å². The first-order chi connectivity index (χ1) is 8.78. The number of benzene rings is 1. The molecule has 0 unspecified atom stereocenters. The molecule has 0 amide bonds. The first-order valence-corrected chi connectivity index (χ1v) is 6.80. The van der Waals surface area contributed by atoms with Crippen LogP contribution in [0.25, 0.3) is 0 Å². The molecule has 94 valence electrons. The van der Waals surface area contributed by atoms with E-state index in [2.05, 4.69) is 38.5 Å². The van der Waals surface area contributed by atoms with Crippen LogP contribution in [0.1, 0.15) is 13.3 Å².